The van der Waals surface area contributed by atoms with Gasteiger partial charge in [-0.15, -0.1) is 4.57 Å². The fourth-order valence-corrected chi connectivity index (χ4v) is 3.20. The number of hydrogen-bond donors (Lipinski definition) is 2. The van der Waals surface area contributed by atoms with Crippen LogP contribution in [0.15, 0.2) is 48.5 Å². The van der Waals surface area contributed by atoms with Crippen molar-refractivity contribution in [3.8, 4) is 11.4 Å². The maximum absolute atomic E-state index is 6.19. The third kappa shape index (κ3) is 2.49. The number of rotatable bonds is 2. The summed E-state index contributed by atoms with van der Waals surface area (Å²) >= 11 is 0. The van der Waals surface area contributed by atoms with Gasteiger partial charge in [0.25, 0.3) is 0 Å². The summed E-state index contributed by atoms with van der Waals surface area (Å²) in [6.07, 6.45) is 0. The van der Waals surface area contributed by atoms with E-state index in [-0.39, 0.29) is 0 Å². The van der Waals surface area contributed by atoms with E-state index in [1.54, 1.807) is 7.11 Å². The standard InChI is InChI=1S/C21H20N4O/c1-12-8-18-20(10-16(12)22)25(14-4-6-15(26-3)7-5-14)21-11-17(23)13(2)9-19(21)24-18/h4-11H,1-3H3,(H3,22,23)/p+1. The molecule has 0 bridgehead atoms. The predicted molar refractivity (Wildman–Crippen MR) is 106 cm³/mol. The van der Waals surface area contributed by atoms with Crippen molar-refractivity contribution < 1.29 is 9.30 Å². The minimum absolute atomic E-state index is 0.737. The van der Waals surface area contributed by atoms with Crippen molar-refractivity contribution in [2.75, 3.05) is 18.6 Å². The van der Waals surface area contributed by atoms with Crippen molar-refractivity contribution in [1.29, 1.82) is 0 Å². The lowest BCUT2D eigenvalue weighted by atomic mass is 10.1. The maximum atomic E-state index is 6.19. The van der Waals surface area contributed by atoms with Crippen LogP contribution in [0.3, 0.4) is 0 Å². The number of nitrogens with zero attached hydrogens (tertiary/aromatic N) is 2. The molecule has 5 nitrogen and oxygen atoms in total. The highest BCUT2D eigenvalue weighted by Crippen LogP contribution is 2.25. The minimum Gasteiger partial charge on any atom is -0.497 e. The van der Waals surface area contributed by atoms with Crippen molar-refractivity contribution in [2.24, 2.45) is 0 Å². The van der Waals surface area contributed by atoms with E-state index in [0.29, 0.717) is 0 Å². The van der Waals surface area contributed by atoms with Crippen LogP contribution in [-0.4, -0.2) is 12.1 Å². The van der Waals surface area contributed by atoms with E-state index in [2.05, 4.69) is 4.57 Å². The second-order valence-electron chi connectivity index (χ2n) is 6.54. The predicted octanol–water partition coefficient (Wildman–Crippen LogP) is 3.45. The normalized spacial score (nSPS) is 11.2. The summed E-state index contributed by atoms with van der Waals surface area (Å²) in [4.78, 5) is 4.84. The molecule has 0 aliphatic heterocycles. The third-order valence-corrected chi connectivity index (χ3v) is 4.78. The molecule has 0 spiro atoms. The minimum atomic E-state index is 0.737. The van der Waals surface area contributed by atoms with Gasteiger partial charge in [-0.25, -0.2) is 4.98 Å². The molecule has 130 valence electrons. The fraction of sp³-hybridized carbons (Fsp3) is 0.143. The molecule has 0 saturated heterocycles. The van der Waals surface area contributed by atoms with Crippen LogP contribution in [0.5, 0.6) is 5.75 Å². The quantitative estimate of drug-likeness (QED) is 0.331. The Balaban J connectivity index is 2.16. The third-order valence-electron chi connectivity index (χ3n) is 4.78. The molecule has 1 aromatic heterocycles. The van der Waals surface area contributed by atoms with E-state index < -0.39 is 0 Å². The van der Waals surface area contributed by atoms with E-state index in [1.165, 1.54) is 0 Å². The first-order valence-electron chi connectivity index (χ1n) is 8.44. The van der Waals surface area contributed by atoms with Gasteiger partial charge < -0.3 is 16.2 Å². The van der Waals surface area contributed by atoms with E-state index in [1.807, 2.05) is 62.4 Å². The highest BCUT2D eigenvalue weighted by molar-refractivity contribution is 5.87. The molecule has 0 atom stereocenters. The van der Waals surface area contributed by atoms with Crippen molar-refractivity contribution in [2.45, 2.75) is 13.8 Å². The highest BCUT2D eigenvalue weighted by atomic mass is 16.5. The molecule has 4 aromatic rings. The van der Waals surface area contributed by atoms with E-state index >= 15 is 0 Å². The van der Waals surface area contributed by atoms with Gasteiger partial charge in [0.1, 0.15) is 16.8 Å². The molecule has 3 aromatic carbocycles. The molecule has 0 saturated carbocycles. The number of ether oxygens (including phenoxy) is 1. The van der Waals surface area contributed by atoms with Crippen LogP contribution >= 0.6 is 0 Å². The summed E-state index contributed by atoms with van der Waals surface area (Å²) in [6.45, 7) is 3.99. The van der Waals surface area contributed by atoms with Crippen LogP contribution < -0.4 is 20.8 Å². The van der Waals surface area contributed by atoms with Crippen molar-refractivity contribution in [3.63, 3.8) is 0 Å². The Hall–Kier alpha value is -3.34. The summed E-state index contributed by atoms with van der Waals surface area (Å²) in [5.41, 5.74) is 20.5. The lowest BCUT2D eigenvalue weighted by Gasteiger charge is -2.09. The molecule has 1 heterocycles. The highest BCUT2D eigenvalue weighted by Gasteiger charge is 2.21. The molecular weight excluding hydrogens is 324 g/mol. The van der Waals surface area contributed by atoms with Crippen LogP contribution in [0.25, 0.3) is 27.8 Å². The van der Waals surface area contributed by atoms with Crippen molar-refractivity contribution >= 4 is 33.4 Å². The number of hydrogen-bond acceptors (Lipinski definition) is 4. The molecule has 0 aliphatic rings. The first kappa shape index (κ1) is 16.1. The number of nitrogen functional groups attached to an aromatic ring is 2. The fourth-order valence-electron chi connectivity index (χ4n) is 3.20. The first-order valence-corrected chi connectivity index (χ1v) is 8.44. The SMILES string of the molecule is COc1ccc(-[n+]2c3cc(N)c(C)cc3nc3cc(C)c(N)cc32)cc1. The summed E-state index contributed by atoms with van der Waals surface area (Å²) < 4.78 is 7.43. The second-order valence-corrected chi connectivity index (χ2v) is 6.54. The number of methoxy groups -OCH3 is 1. The Bertz CT molecular complexity index is 1080. The number of fused-ring (bicyclic) bond motifs is 2. The summed E-state index contributed by atoms with van der Waals surface area (Å²) in [7, 11) is 1.66. The van der Waals surface area contributed by atoms with Crippen molar-refractivity contribution in [1.82, 2.24) is 4.98 Å². The van der Waals surface area contributed by atoms with Gasteiger partial charge in [-0.3, -0.25) is 0 Å². The Morgan fingerprint density at radius 2 is 1.31 bits per heavy atom. The molecule has 4 N–H and O–H groups in total. The smallest absolute Gasteiger partial charge is 0.239 e. The molecule has 0 aliphatic carbocycles. The van der Waals surface area contributed by atoms with Crippen LogP contribution in [0.1, 0.15) is 11.1 Å². The van der Waals surface area contributed by atoms with Crippen LogP contribution in [0.2, 0.25) is 0 Å². The molecule has 26 heavy (non-hydrogen) atoms. The van der Waals surface area contributed by atoms with Gasteiger partial charge in [-0.1, -0.05) is 0 Å². The molecule has 0 radical (unpaired) electrons. The molecule has 5 heteroatoms. The van der Waals surface area contributed by atoms with Gasteiger partial charge in [0.05, 0.1) is 7.11 Å². The topological polar surface area (TPSA) is 78.0 Å². The van der Waals surface area contributed by atoms with Crippen LogP contribution in [0.4, 0.5) is 11.4 Å². The van der Waals surface area contributed by atoms with Gasteiger partial charge in [0, 0.05) is 35.6 Å². The van der Waals surface area contributed by atoms with Gasteiger partial charge >= 0.3 is 0 Å². The lowest BCUT2D eigenvalue weighted by Crippen LogP contribution is -2.33. The Morgan fingerprint density at radius 1 is 0.808 bits per heavy atom. The summed E-state index contributed by atoms with van der Waals surface area (Å²) in [5.74, 6) is 0.808. The lowest BCUT2D eigenvalue weighted by molar-refractivity contribution is -0.538. The zero-order chi connectivity index (χ0) is 18.4. The Labute approximate surface area is 151 Å². The van der Waals surface area contributed by atoms with Gasteiger partial charge in [0.15, 0.2) is 0 Å². The number of aromatic nitrogens is 2. The first-order chi connectivity index (χ1) is 12.5. The summed E-state index contributed by atoms with van der Waals surface area (Å²) in [6, 6.07) is 15.9. The van der Waals surface area contributed by atoms with Gasteiger partial charge in [-0.2, -0.15) is 0 Å². The number of anilines is 2. The van der Waals surface area contributed by atoms with E-state index in [0.717, 1.165) is 56.0 Å². The average Bonchev–Trinajstić information content (AvgIpc) is 2.63. The molecule has 4 rings (SSSR count). The zero-order valence-electron chi connectivity index (χ0n) is 15.1. The van der Waals surface area contributed by atoms with E-state index in [9.17, 15) is 0 Å². The van der Waals surface area contributed by atoms with Crippen molar-refractivity contribution in [3.05, 3.63) is 59.7 Å². The van der Waals surface area contributed by atoms with Crippen LogP contribution in [0, 0.1) is 13.8 Å². The van der Waals surface area contributed by atoms with Gasteiger partial charge in [0.2, 0.25) is 16.7 Å². The molecule has 0 fully saturated rings. The number of benzene rings is 3. The molecular formula is C21H21N4O+. The Morgan fingerprint density at radius 3 is 1.77 bits per heavy atom. The number of aryl methyl sites for hydroxylation is 2. The Kier molecular flexibility index (Phi) is 3.65. The zero-order valence-corrected chi connectivity index (χ0v) is 15.1. The molecule has 0 unspecified atom stereocenters. The summed E-state index contributed by atoms with van der Waals surface area (Å²) in [5, 5.41) is 0. The van der Waals surface area contributed by atoms with Crippen LogP contribution in [-0.2, 0) is 0 Å². The largest absolute Gasteiger partial charge is 0.497 e. The second kappa shape index (κ2) is 5.88. The van der Waals surface area contributed by atoms with E-state index in [4.69, 9.17) is 21.2 Å². The van der Waals surface area contributed by atoms with Gasteiger partial charge in [-0.05, 0) is 49.2 Å². The molecule has 0 amide bonds. The number of nitrogens with two attached hydrogens (primary N) is 2. The monoisotopic (exact) mass is 345 g/mol. The average molecular weight is 345 g/mol. The maximum Gasteiger partial charge on any atom is 0.239 e.